The van der Waals surface area contributed by atoms with Crippen molar-refractivity contribution >= 4 is 39.5 Å². The van der Waals surface area contributed by atoms with Gasteiger partial charge in [0, 0.05) is 24.7 Å². The van der Waals surface area contributed by atoms with E-state index < -0.39 is 0 Å². The van der Waals surface area contributed by atoms with Gasteiger partial charge in [-0.2, -0.15) is 0 Å². The number of nitrogen functional groups attached to an aromatic ring is 1. The highest BCUT2D eigenvalue weighted by Crippen LogP contribution is 2.24. The summed E-state index contributed by atoms with van der Waals surface area (Å²) in [5.74, 6) is 0.00810. The summed E-state index contributed by atoms with van der Waals surface area (Å²) in [6.45, 7) is 3.54. The van der Waals surface area contributed by atoms with Crippen LogP contribution in [0.4, 0.5) is 10.9 Å². The molecular weight excluding hydrogens is 310 g/mol. The van der Waals surface area contributed by atoms with Crippen molar-refractivity contribution in [2.75, 3.05) is 31.3 Å². The number of ether oxygens (including phenoxy) is 1. The number of nitrogens with one attached hydrogen (secondary N) is 2. The fourth-order valence-corrected chi connectivity index (χ4v) is 3.13. The summed E-state index contributed by atoms with van der Waals surface area (Å²) in [7, 11) is 1.62. The number of rotatable bonds is 7. The maximum Gasteiger partial charge on any atom is 0.265 e. The van der Waals surface area contributed by atoms with Crippen LogP contribution in [0.25, 0.3) is 0 Å². The van der Waals surface area contributed by atoms with E-state index in [0.29, 0.717) is 29.7 Å². The molecule has 0 unspecified atom stereocenters. The summed E-state index contributed by atoms with van der Waals surface area (Å²) in [6, 6.07) is 0. The first kappa shape index (κ1) is 15.7. The average molecular weight is 327 g/mol. The summed E-state index contributed by atoms with van der Waals surface area (Å²) in [5.41, 5.74) is 5.78. The summed E-state index contributed by atoms with van der Waals surface area (Å²) in [4.78, 5) is 21.8. The minimum Gasteiger partial charge on any atom is -0.383 e. The SMILES string of the molecule is COCCNc1nc(N)c(C(=O)NCc2cnc(C)s2)s1. The van der Waals surface area contributed by atoms with Crippen molar-refractivity contribution in [1.29, 1.82) is 0 Å². The third kappa shape index (κ3) is 4.38. The van der Waals surface area contributed by atoms with Crippen LogP contribution in [0, 0.1) is 6.92 Å². The number of aryl methyl sites for hydroxylation is 1. The molecule has 0 radical (unpaired) electrons. The fraction of sp³-hybridized carbons (Fsp3) is 0.417. The van der Waals surface area contributed by atoms with Crippen molar-refractivity contribution in [3.8, 4) is 0 Å². The first-order chi connectivity index (χ1) is 10.1. The lowest BCUT2D eigenvalue weighted by Gasteiger charge is -2.01. The third-order valence-corrected chi connectivity index (χ3v) is 4.47. The number of nitrogens with two attached hydrogens (primary N) is 1. The molecule has 0 saturated carbocycles. The summed E-state index contributed by atoms with van der Waals surface area (Å²) < 4.78 is 4.94. The Morgan fingerprint density at radius 3 is 2.95 bits per heavy atom. The number of carbonyl (C=O) groups excluding carboxylic acids is 1. The molecule has 0 aliphatic heterocycles. The van der Waals surface area contributed by atoms with E-state index in [1.807, 2.05) is 6.92 Å². The Balaban J connectivity index is 1.92. The van der Waals surface area contributed by atoms with Crippen molar-refractivity contribution in [3.63, 3.8) is 0 Å². The number of carbonyl (C=O) groups is 1. The van der Waals surface area contributed by atoms with Gasteiger partial charge in [0.2, 0.25) is 0 Å². The highest BCUT2D eigenvalue weighted by molar-refractivity contribution is 7.18. The molecule has 0 fully saturated rings. The maximum atomic E-state index is 12.1. The van der Waals surface area contributed by atoms with Gasteiger partial charge in [-0.05, 0) is 6.92 Å². The van der Waals surface area contributed by atoms with Crippen LogP contribution < -0.4 is 16.4 Å². The lowest BCUT2D eigenvalue weighted by atomic mass is 10.4. The van der Waals surface area contributed by atoms with E-state index in [1.54, 1.807) is 24.6 Å². The van der Waals surface area contributed by atoms with E-state index >= 15 is 0 Å². The van der Waals surface area contributed by atoms with Gasteiger partial charge in [0.1, 0.15) is 10.7 Å². The Labute approximate surface area is 130 Å². The van der Waals surface area contributed by atoms with Gasteiger partial charge in [0.15, 0.2) is 5.13 Å². The molecule has 0 spiro atoms. The third-order valence-electron chi connectivity index (χ3n) is 2.53. The van der Waals surface area contributed by atoms with Crippen LogP contribution in [0.3, 0.4) is 0 Å². The van der Waals surface area contributed by atoms with E-state index in [-0.39, 0.29) is 11.7 Å². The zero-order valence-electron chi connectivity index (χ0n) is 11.8. The topological polar surface area (TPSA) is 102 Å². The second-order valence-electron chi connectivity index (χ2n) is 4.18. The van der Waals surface area contributed by atoms with Crippen LogP contribution >= 0.6 is 22.7 Å². The van der Waals surface area contributed by atoms with Crippen molar-refractivity contribution in [2.24, 2.45) is 0 Å². The number of methoxy groups -OCH3 is 1. The first-order valence-electron chi connectivity index (χ1n) is 6.28. The monoisotopic (exact) mass is 327 g/mol. The van der Waals surface area contributed by atoms with Crippen molar-refractivity contribution < 1.29 is 9.53 Å². The van der Waals surface area contributed by atoms with Crippen LogP contribution in [0.2, 0.25) is 0 Å². The van der Waals surface area contributed by atoms with Crippen LogP contribution in [-0.4, -0.2) is 36.1 Å². The molecule has 114 valence electrons. The Kier molecular flexibility index (Phi) is 5.48. The molecule has 7 nitrogen and oxygen atoms in total. The van der Waals surface area contributed by atoms with Crippen LogP contribution in [-0.2, 0) is 11.3 Å². The molecule has 0 bridgehead atoms. The molecule has 2 aromatic rings. The molecule has 9 heteroatoms. The van der Waals surface area contributed by atoms with Crippen molar-refractivity contribution in [3.05, 3.63) is 21.0 Å². The van der Waals surface area contributed by atoms with E-state index in [4.69, 9.17) is 10.5 Å². The predicted octanol–water partition coefficient (Wildman–Crippen LogP) is 1.48. The van der Waals surface area contributed by atoms with Gasteiger partial charge >= 0.3 is 0 Å². The van der Waals surface area contributed by atoms with E-state index in [2.05, 4.69) is 20.6 Å². The maximum absolute atomic E-state index is 12.1. The number of amides is 1. The zero-order valence-corrected chi connectivity index (χ0v) is 13.4. The molecular formula is C12H17N5O2S2. The molecule has 0 aliphatic carbocycles. The Bertz CT molecular complexity index is 611. The molecule has 2 rings (SSSR count). The number of aromatic nitrogens is 2. The average Bonchev–Trinajstić information content (AvgIpc) is 3.03. The molecule has 2 aromatic heterocycles. The van der Waals surface area contributed by atoms with Gasteiger partial charge in [-0.1, -0.05) is 11.3 Å². The summed E-state index contributed by atoms with van der Waals surface area (Å²) in [5, 5.41) is 7.46. The molecule has 0 aliphatic rings. The Morgan fingerprint density at radius 2 is 2.29 bits per heavy atom. The quantitative estimate of drug-likeness (QED) is 0.666. The predicted molar refractivity (Wildman–Crippen MR) is 84.9 cm³/mol. The van der Waals surface area contributed by atoms with Gasteiger partial charge in [0.05, 0.1) is 18.2 Å². The Hall–Kier alpha value is -1.71. The first-order valence-corrected chi connectivity index (χ1v) is 7.92. The molecule has 21 heavy (non-hydrogen) atoms. The van der Waals surface area contributed by atoms with E-state index in [9.17, 15) is 4.79 Å². The summed E-state index contributed by atoms with van der Waals surface area (Å²) >= 11 is 2.78. The number of hydrogen-bond acceptors (Lipinski definition) is 8. The highest BCUT2D eigenvalue weighted by atomic mass is 32.1. The highest BCUT2D eigenvalue weighted by Gasteiger charge is 2.16. The summed E-state index contributed by atoms with van der Waals surface area (Å²) in [6.07, 6.45) is 1.76. The largest absolute Gasteiger partial charge is 0.383 e. The van der Waals surface area contributed by atoms with Crippen LogP contribution in [0.15, 0.2) is 6.20 Å². The molecule has 2 heterocycles. The second kappa shape index (κ2) is 7.34. The minimum absolute atomic E-state index is 0.226. The van der Waals surface area contributed by atoms with E-state index in [0.717, 1.165) is 9.88 Å². The van der Waals surface area contributed by atoms with E-state index in [1.165, 1.54) is 11.3 Å². The lowest BCUT2D eigenvalue weighted by molar-refractivity contribution is 0.0956. The molecule has 0 atom stereocenters. The zero-order chi connectivity index (χ0) is 15.2. The second-order valence-corrected chi connectivity index (χ2v) is 6.50. The number of hydrogen-bond donors (Lipinski definition) is 3. The van der Waals surface area contributed by atoms with Gasteiger partial charge in [-0.25, -0.2) is 9.97 Å². The molecule has 1 amide bonds. The normalized spacial score (nSPS) is 10.6. The Morgan fingerprint density at radius 1 is 1.48 bits per heavy atom. The van der Waals surface area contributed by atoms with Crippen molar-refractivity contribution in [2.45, 2.75) is 13.5 Å². The number of anilines is 2. The molecule has 4 N–H and O–H groups in total. The van der Waals surface area contributed by atoms with Gasteiger partial charge < -0.3 is 21.1 Å². The van der Waals surface area contributed by atoms with Crippen LogP contribution in [0.5, 0.6) is 0 Å². The van der Waals surface area contributed by atoms with Gasteiger partial charge in [0.25, 0.3) is 5.91 Å². The minimum atomic E-state index is -0.226. The standard InChI is InChI=1S/C12H17N5O2S2/c1-7-15-5-8(20-7)6-16-11(18)9-10(13)17-12(21-9)14-3-4-19-2/h5H,3-4,6,13H2,1-2H3,(H,14,17)(H,16,18). The lowest BCUT2D eigenvalue weighted by Crippen LogP contribution is -2.22. The number of nitrogens with zero attached hydrogens (tertiary/aromatic N) is 2. The van der Waals surface area contributed by atoms with Gasteiger partial charge in [-0.3, -0.25) is 4.79 Å². The van der Waals surface area contributed by atoms with Gasteiger partial charge in [-0.15, -0.1) is 11.3 Å². The number of thiazole rings is 2. The van der Waals surface area contributed by atoms with Crippen LogP contribution in [0.1, 0.15) is 19.6 Å². The smallest absolute Gasteiger partial charge is 0.265 e. The van der Waals surface area contributed by atoms with Crippen molar-refractivity contribution in [1.82, 2.24) is 15.3 Å². The molecule has 0 aromatic carbocycles. The molecule has 0 saturated heterocycles. The fourth-order valence-electron chi connectivity index (χ4n) is 1.56.